The van der Waals surface area contributed by atoms with Crippen LogP contribution in [0.2, 0.25) is 0 Å². The van der Waals surface area contributed by atoms with Gasteiger partial charge in [-0.2, -0.15) is 0 Å². The molecule has 1 amide bonds. The molecule has 1 fully saturated rings. The van der Waals surface area contributed by atoms with Crippen LogP contribution in [0.1, 0.15) is 23.5 Å². The van der Waals surface area contributed by atoms with Crippen molar-refractivity contribution in [1.29, 1.82) is 0 Å². The number of carbonyl (C=O) groups excluding carboxylic acids is 1. The summed E-state index contributed by atoms with van der Waals surface area (Å²) in [6, 6.07) is 16.5. The zero-order valence-corrected chi connectivity index (χ0v) is 15.8. The predicted molar refractivity (Wildman–Crippen MR) is 104 cm³/mol. The smallest absolute Gasteiger partial charge is 0.223 e. The summed E-state index contributed by atoms with van der Waals surface area (Å²) in [5.41, 5.74) is 1.55. The fourth-order valence-corrected chi connectivity index (χ4v) is 3.60. The summed E-state index contributed by atoms with van der Waals surface area (Å²) in [6.45, 7) is 4.72. The Hall–Kier alpha value is -2.24. The molecular weight excluding hydrogens is 343 g/mol. The van der Waals surface area contributed by atoms with Gasteiger partial charge >= 0.3 is 0 Å². The van der Waals surface area contributed by atoms with Crippen molar-refractivity contribution in [2.24, 2.45) is 0 Å². The van der Waals surface area contributed by atoms with Gasteiger partial charge in [0.15, 0.2) is 0 Å². The van der Waals surface area contributed by atoms with Crippen LogP contribution in [0.3, 0.4) is 0 Å². The maximum absolute atomic E-state index is 14.4. The van der Waals surface area contributed by atoms with E-state index in [9.17, 15) is 9.18 Å². The summed E-state index contributed by atoms with van der Waals surface area (Å²) in [4.78, 5) is 17.2. The van der Waals surface area contributed by atoms with Crippen LogP contribution in [0.25, 0.3) is 0 Å². The molecule has 1 heterocycles. The van der Waals surface area contributed by atoms with Crippen LogP contribution in [0, 0.1) is 5.82 Å². The van der Waals surface area contributed by atoms with Crippen LogP contribution in [-0.2, 0) is 9.53 Å². The van der Waals surface area contributed by atoms with Crippen LogP contribution in [-0.4, -0.2) is 62.1 Å². The van der Waals surface area contributed by atoms with E-state index >= 15 is 0 Å². The van der Waals surface area contributed by atoms with Gasteiger partial charge in [0.1, 0.15) is 5.82 Å². The van der Waals surface area contributed by atoms with Crippen molar-refractivity contribution in [3.05, 3.63) is 71.5 Å². The lowest BCUT2D eigenvalue weighted by molar-refractivity contribution is -0.133. The Balaban J connectivity index is 1.70. The summed E-state index contributed by atoms with van der Waals surface area (Å²) in [5, 5.41) is 0. The first-order valence-electron chi connectivity index (χ1n) is 9.47. The maximum Gasteiger partial charge on any atom is 0.223 e. The molecule has 0 N–H and O–H groups in total. The number of halogens is 1. The molecule has 0 unspecified atom stereocenters. The van der Waals surface area contributed by atoms with Crippen molar-refractivity contribution < 1.29 is 13.9 Å². The number of methoxy groups -OCH3 is 1. The Kier molecular flexibility index (Phi) is 6.96. The molecule has 1 saturated heterocycles. The Morgan fingerprint density at radius 2 is 1.70 bits per heavy atom. The molecule has 4 nitrogen and oxygen atoms in total. The Morgan fingerprint density at radius 1 is 1.04 bits per heavy atom. The van der Waals surface area contributed by atoms with Gasteiger partial charge in [0.2, 0.25) is 5.91 Å². The van der Waals surface area contributed by atoms with Gasteiger partial charge in [-0.1, -0.05) is 48.5 Å². The first kappa shape index (κ1) is 19.5. The minimum atomic E-state index is -0.272. The van der Waals surface area contributed by atoms with Crippen molar-refractivity contribution in [3.8, 4) is 0 Å². The highest BCUT2D eigenvalue weighted by molar-refractivity contribution is 5.78. The van der Waals surface area contributed by atoms with Gasteiger partial charge in [0.25, 0.3) is 0 Å². The van der Waals surface area contributed by atoms with E-state index in [1.807, 2.05) is 41.3 Å². The van der Waals surface area contributed by atoms with E-state index in [0.29, 0.717) is 25.3 Å². The fraction of sp³-hybridized carbons (Fsp3) is 0.409. The van der Waals surface area contributed by atoms with Gasteiger partial charge in [-0.3, -0.25) is 9.69 Å². The van der Waals surface area contributed by atoms with Gasteiger partial charge in [0.05, 0.1) is 6.61 Å². The molecule has 5 heteroatoms. The molecule has 1 aliphatic rings. The van der Waals surface area contributed by atoms with Crippen LogP contribution in [0.5, 0.6) is 0 Å². The van der Waals surface area contributed by atoms with E-state index in [4.69, 9.17) is 4.74 Å². The fourth-order valence-electron chi connectivity index (χ4n) is 3.60. The van der Waals surface area contributed by atoms with Gasteiger partial charge in [-0.25, -0.2) is 4.39 Å². The molecule has 3 rings (SSSR count). The average molecular weight is 370 g/mol. The van der Waals surface area contributed by atoms with E-state index in [-0.39, 0.29) is 24.1 Å². The minimum Gasteiger partial charge on any atom is -0.383 e. The zero-order chi connectivity index (χ0) is 19.1. The molecule has 144 valence electrons. The summed E-state index contributed by atoms with van der Waals surface area (Å²) in [5.74, 6) is -0.451. The van der Waals surface area contributed by atoms with Gasteiger partial charge in [0, 0.05) is 52.2 Å². The quantitative estimate of drug-likeness (QED) is 0.751. The van der Waals surface area contributed by atoms with Crippen LogP contribution < -0.4 is 0 Å². The first-order valence-corrected chi connectivity index (χ1v) is 9.47. The number of piperazine rings is 1. The van der Waals surface area contributed by atoms with Gasteiger partial charge < -0.3 is 9.64 Å². The predicted octanol–water partition coefficient (Wildman–Crippen LogP) is 3.14. The van der Waals surface area contributed by atoms with E-state index in [2.05, 4.69) is 4.90 Å². The maximum atomic E-state index is 14.4. The molecule has 1 aliphatic heterocycles. The third-order valence-electron chi connectivity index (χ3n) is 5.20. The van der Waals surface area contributed by atoms with E-state index in [0.717, 1.165) is 25.2 Å². The molecule has 0 aromatic heterocycles. The third-order valence-corrected chi connectivity index (χ3v) is 5.20. The molecule has 0 radical (unpaired) electrons. The second-order valence-corrected chi connectivity index (χ2v) is 6.90. The van der Waals surface area contributed by atoms with E-state index < -0.39 is 0 Å². The lowest BCUT2D eigenvalue weighted by Gasteiger charge is -2.35. The monoisotopic (exact) mass is 370 g/mol. The highest BCUT2D eigenvalue weighted by atomic mass is 19.1. The Bertz CT molecular complexity index is 730. The number of carbonyl (C=O) groups is 1. The standard InChI is InChI=1S/C22H27FN2O2/c1-27-16-15-24-11-13-25(14-12-24)22(26)17-20(18-7-3-2-4-8-18)19-9-5-6-10-21(19)23/h2-10,20H,11-17H2,1H3/t20-/m0/s1. The number of nitrogens with zero attached hydrogens (tertiary/aromatic N) is 2. The zero-order valence-electron chi connectivity index (χ0n) is 15.8. The number of ether oxygens (including phenoxy) is 1. The molecular formula is C22H27FN2O2. The van der Waals surface area contributed by atoms with Crippen molar-refractivity contribution in [2.45, 2.75) is 12.3 Å². The van der Waals surface area contributed by atoms with Crippen molar-refractivity contribution in [3.63, 3.8) is 0 Å². The van der Waals surface area contributed by atoms with Crippen molar-refractivity contribution >= 4 is 5.91 Å². The number of hydrogen-bond donors (Lipinski definition) is 0. The second kappa shape index (κ2) is 9.62. The summed E-state index contributed by atoms with van der Waals surface area (Å²) in [7, 11) is 1.70. The molecule has 0 saturated carbocycles. The Labute approximate surface area is 160 Å². The number of hydrogen-bond acceptors (Lipinski definition) is 3. The average Bonchev–Trinajstić information content (AvgIpc) is 2.72. The number of benzene rings is 2. The van der Waals surface area contributed by atoms with Crippen LogP contribution in [0.15, 0.2) is 54.6 Å². The van der Waals surface area contributed by atoms with E-state index in [1.165, 1.54) is 6.07 Å². The Morgan fingerprint density at radius 3 is 2.37 bits per heavy atom. The third kappa shape index (κ3) is 5.15. The summed E-state index contributed by atoms with van der Waals surface area (Å²) in [6.07, 6.45) is 0.281. The normalized spacial score (nSPS) is 16.3. The highest BCUT2D eigenvalue weighted by Crippen LogP contribution is 2.30. The van der Waals surface area contributed by atoms with Crippen LogP contribution in [0.4, 0.5) is 4.39 Å². The summed E-state index contributed by atoms with van der Waals surface area (Å²) < 4.78 is 19.6. The van der Waals surface area contributed by atoms with Crippen molar-refractivity contribution in [2.75, 3.05) is 46.4 Å². The van der Waals surface area contributed by atoms with E-state index in [1.54, 1.807) is 19.2 Å². The SMILES string of the molecule is COCCN1CCN(C(=O)C[C@@H](c2ccccc2)c2ccccc2F)CC1. The second-order valence-electron chi connectivity index (χ2n) is 6.90. The molecule has 0 spiro atoms. The molecule has 2 aromatic rings. The molecule has 2 aromatic carbocycles. The lowest BCUT2D eigenvalue weighted by Crippen LogP contribution is -2.49. The molecule has 0 aliphatic carbocycles. The van der Waals surface area contributed by atoms with Gasteiger partial charge in [-0.15, -0.1) is 0 Å². The first-order chi connectivity index (χ1) is 13.2. The lowest BCUT2D eigenvalue weighted by atomic mass is 9.87. The highest BCUT2D eigenvalue weighted by Gasteiger charge is 2.26. The minimum absolute atomic E-state index is 0.0819. The molecule has 1 atom stereocenters. The number of amides is 1. The molecule has 0 bridgehead atoms. The molecule has 27 heavy (non-hydrogen) atoms. The summed E-state index contributed by atoms with van der Waals surface area (Å²) >= 11 is 0. The largest absolute Gasteiger partial charge is 0.383 e. The number of rotatable bonds is 7. The van der Waals surface area contributed by atoms with Gasteiger partial charge in [-0.05, 0) is 17.2 Å². The van der Waals surface area contributed by atoms with Crippen LogP contribution >= 0.6 is 0 Å². The topological polar surface area (TPSA) is 32.8 Å². The van der Waals surface area contributed by atoms with Crippen molar-refractivity contribution in [1.82, 2.24) is 9.80 Å².